The van der Waals surface area contributed by atoms with E-state index in [1.807, 2.05) is 13.8 Å². The molecule has 0 saturated heterocycles. The van der Waals surface area contributed by atoms with Crippen LogP contribution in [0, 0.1) is 12.8 Å². The van der Waals surface area contributed by atoms with Gasteiger partial charge in [-0.15, -0.1) is 0 Å². The fourth-order valence-corrected chi connectivity index (χ4v) is 1.83. The van der Waals surface area contributed by atoms with Crippen LogP contribution in [0.2, 0.25) is 0 Å². The third-order valence-electron chi connectivity index (χ3n) is 3.11. The molecular weight excluding hydrogens is 282 g/mol. The normalized spacial score (nSPS) is 10.2. The Hall–Kier alpha value is -2.37. The maximum atomic E-state index is 11.9. The minimum atomic E-state index is -0.716. The van der Waals surface area contributed by atoms with Gasteiger partial charge in [0.25, 0.3) is 0 Å². The monoisotopic (exact) mass is 305 g/mol. The van der Waals surface area contributed by atoms with E-state index in [1.54, 1.807) is 25.1 Å². The van der Waals surface area contributed by atoms with Crippen LogP contribution in [0.5, 0.6) is 0 Å². The molecule has 0 atom stereocenters. The predicted molar refractivity (Wildman–Crippen MR) is 86.6 cm³/mol. The molecule has 3 amide bonds. The number of amides is 3. The fourth-order valence-electron chi connectivity index (χ4n) is 1.83. The molecule has 22 heavy (non-hydrogen) atoms. The van der Waals surface area contributed by atoms with Gasteiger partial charge in [-0.05, 0) is 37.0 Å². The quantitative estimate of drug-likeness (QED) is 0.728. The van der Waals surface area contributed by atoms with E-state index < -0.39 is 11.8 Å². The first-order valence-corrected chi connectivity index (χ1v) is 7.27. The van der Waals surface area contributed by atoms with Gasteiger partial charge < -0.3 is 16.0 Å². The first-order chi connectivity index (χ1) is 10.3. The van der Waals surface area contributed by atoms with Crippen LogP contribution in [0.15, 0.2) is 18.2 Å². The van der Waals surface area contributed by atoms with Crippen LogP contribution in [0.1, 0.15) is 32.8 Å². The molecule has 0 unspecified atom stereocenters. The second kappa shape index (κ2) is 8.17. The highest BCUT2D eigenvalue weighted by Crippen LogP contribution is 2.23. The van der Waals surface area contributed by atoms with Gasteiger partial charge in [0.1, 0.15) is 0 Å². The summed E-state index contributed by atoms with van der Waals surface area (Å²) in [4.78, 5) is 34.7. The van der Waals surface area contributed by atoms with E-state index in [0.29, 0.717) is 29.4 Å². The molecule has 1 rings (SSSR count). The Balaban J connectivity index is 2.68. The van der Waals surface area contributed by atoms with Crippen molar-refractivity contribution in [1.82, 2.24) is 5.32 Å². The van der Waals surface area contributed by atoms with Gasteiger partial charge in [0.2, 0.25) is 5.91 Å². The molecule has 1 aromatic carbocycles. The van der Waals surface area contributed by atoms with Gasteiger partial charge in [0.05, 0.1) is 0 Å². The van der Waals surface area contributed by atoms with Gasteiger partial charge >= 0.3 is 11.8 Å². The van der Waals surface area contributed by atoms with Gasteiger partial charge in [-0.3, -0.25) is 14.4 Å². The van der Waals surface area contributed by atoms with E-state index in [2.05, 4.69) is 16.0 Å². The van der Waals surface area contributed by atoms with Crippen LogP contribution < -0.4 is 16.0 Å². The zero-order valence-electron chi connectivity index (χ0n) is 13.4. The zero-order chi connectivity index (χ0) is 16.7. The maximum Gasteiger partial charge on any atom is 0.313 e. The Kier molecular flexibility index (Phi) is 6.56. The summed E-state index contributed by atoms with van der Waals surface area (Å²) in [7, 11) is 0. The van der Waals surface area contributed by atoms with Crippen LogP contribution in [0.25, 0.3) is 0 Å². The van der Waals surface area contributed by atoms with E-state index in [1.165, 1.54) is 6.92 Å². The van der Waals surface area contributed by atoms with Crippen molar-refractivity contribution in [3.8, 4) is 0 Å². The Morgan fingerprint density at radius 3 is 2.18 bits per heavy atom. The van der Waals surface area contributed by atoms with Crippen LogP contribution >= 0.6 is 0 Å². The van der Waals surface area contributed by atoms with Crippen molar-refractivity contribution in [2.24, 2.45) is 5.92 Å². The van der Waals surface area contributed by atoms with Crippen LogP contribution in [-0.2, 0) is 14.4 Å². The van der Waals surface area contributed by atoms with Crippen molar-refractivity contribution >= 4 is 29.1 Å². The third-order valence-corrected chi connectivity index (χ3v) is 3.11. The zero-order valence-corrected chi connectivity index (χ0v) is 13.4. The molecular formula is C16H23N3O3. The number of carbonyl (C=O) groups is 3. The lowest BCUT2D eigenvalue weighted by Crippen LogP contribution is -2.36. The molecule has 0 aliphatic rings. The largest absolute Gasteiger partial charge is 0.348 e. The number of benzene rings is 1. The summed E-state index contributed by atoms with van der Waals surface area (Å²) >= 11 is 0. The second-order valence-electron chi connectivity index (χ2n) is 5.55. The highest BCUT2D eigenvalue weighted by molar-refractivity contribution is 6.39. The molecule has 6 nitrogen and oxygen atoms in total. The standard InChI is InChI=1S/C16H23N3O3/c1-10(2)8-9-17-15(21)16(22)19-14-7-5-6-13(11(14)3)18-12(4)20/h5-7,10H,8-9H2,1-4H3,(H,17,21)(H,18,20)(H,19,22). The summed E-state index contributed by atoms with van der Waals surface area (Å²) in [6.07, 6.45) is 0.816. The molecule has 6 heteroatoms. The maximum absolute atomic E-state index is 11.9. The van der Waals surface area contributed by atoms with E-state index in [0.717, 1.165) is 6.42 Å². The minimum absolute atomic E-state index is 0.196. The topological polar surface area (TPSA) is 87.3 Å². The molecule has 0 spiro atoms. The molecule has 0 aliphatic carbocycles. The lowest BCUT2D eigenvalue weighted by Gasteiger charge is -2.13. The Labute approximate surface area is 130 Å². The fraction of sp³-hybridized carbons (Fsp3) is 0.438. The van der Waals surface area contributed by atoms with Crippen molar-refractivity contribution in [3.63, 3.8) is 0 Å². The molecule has 120 valence electrons. The van der Waals surface area contributed by atoms with Gasteiger partial charge in [0, 0.05) is 24.8 Å². The Bertz CT molecular complexity index is 568. The smallest absolute Gasteiger partial charge is 0.313 e. The van der Waals surface area contributed by atoms with E-state index in [4.69, 9.17) is 0 Å². The highest BCUT2D eigenvalue weighted by atomic mass is 16.2. The number of carbonyl (C=O) groups excluding carboxylic acids is 3. The van der Waals surface area contributed by atoms with E-state index in [9.17, 15) is 14.4 Å². The summed E-state index contributed by atoms with van der Waals surface area (Å²) in [5, 5.41) is 7.81. The molecule has 0 bridgehead atoms. The summed E-state index contributed by atoms with van der Waals surface area (Å²) < 4.78 is 0. The Morgan fingerprint density at radius 1 is 1.05 bits per heavy atom. The number of nitrogens with one attached hydrogen (secondary N) is 3. The number of hydrogen-bond acceptors (Lipinski definition) is 3. The number of rotatable bonds is 5. The van der Waals surface area contributed by atoms with Gasteiger partial charge in [-0.2, -0.15) is 0 Å². The van der Waals surface area contributed by atoms with Crippen LogP contribution in [0.4, 0.5) is 11.4 Å². The number of anilines is 2. The Morgan fingerprint density at radius 2 is 1.64 bits per heavy atom. The number of hydrogen-bond donors (Lipinski definition) is 3. The van der Waals surface area contributed by atoms with Gasteiger partial charge in [-0.25, -0.2) is 0 Å². The van der Waals surface area contributed by atoms with E-state index >= 15 is 0 Å². The first kappa shape index (κ1) is 17.7. The minimum Gasteiger partial charge on any atom is -0.348 e. The van der Waals surface area contributed by atoms with Gasteiger partial charge in [-0.1, -0.05) is 19.9 Å². The van der Waals surface area contributed by atoms with Crippen molar-refractivity contribution in [3.05, 3.63) is 23.8 Å². The lowest BCUT2D eigenvalue weighted by molar-refractivity contribution is -0.136. The van der Waals surface area contributed by atoms with Crippen molar-refractivity contribution in [2.45, 2.75) is 34.1 Å². The molecule has 0 saturated carbocycles. The average Bonchev–Trinajstić information content (AvgIpc) is 2.42. The van der Waals surface area contributed by atoms with Crippen molar-refractivity contribution in [1.29, 1.82) is 0 Å². The first-order valence-electron chi connectivity index (χ1n) is 7.27. The molecule has 0 aliphatic heterocycles. The summed E-state index contributed by atoms with van der Waals surface area (Å²) in [5.41, 5.74) is 1.79. The van der Waals surface area contributed by atoms with Crippen LogP contribution in [0.3, 0.4) is 0 Å². The molecule has 0 fully saturated rings. The molecule has 0 radical (unpaired) electrons. The molecule has 0 heterocycles. The van der Waals surface area contributed by atoms with E-state index in [-0.39, 0.29) is 5.91 Å². The summed E-state index contributed by atoms with van der Waals surface area (Å²) in [6.45, 7) is 7.73. The second-order valence-corrected chi connectivity index (χ2v) is 5.55. The lowest BCUT2D eigenvalue weighted by atomic mass is 10.1. The van der Waals surface area contributed by atoms with Crippen molar-refractivity contribution < 1.29 is 14.4 Å². The molecule has 3 N–H and O–H groups in total. The van der Waals surface area contributed by atoms with Crippen LogP contribution in [-0.4, -0.2) is 24.3 Å². The molecule has 0 aromatic heterocycles. The predicted octanol–water partition coefficient (Wildman–Crippen LogP) is 2.05. The summed E-state index contributed by atoms with van der Waals surface area (Å²) in [5.74, 6) is -1.12. The van der Waals surface area contributed by atoms with Crippen molar-refractivity contribution in [2.75, 3.05) is 17.2 Å². The average molecular weight is 305 g/mol. The molecule has 1 aromatic rings. The highest BCUT2D eigenvalue weighted by Gasteiger charge is 2.15. The SMILES string of the molecule is CC(=O)Nc1cccc(NC(=O)C(=O)NCCC(C)C)c1C. The third kappa shape index (κ3) is 5.55. The van der Waals surface area contributed by atoms with Gasteiger partial charge in [0.15, 0.2) is 0 Å². The summed E-state index contributed by atoms with van der Waals surface area (Å²) in [6, 6.07) is 5.11.